The fraction of sp³-hybridized carbons (Fsp3) is 0.0769. The topological polar surface area (TPSA) is 61.7 Å². The lowest BCUT2D eigenvalue weighted by Crippen LogP contribution is -2.16. The molecule has 2 aromatic rings. The number of benzene rings is 1. The summed E-state index contributed by atoms with van der Waals surface area (Å²) in [4.78, 5) is 12.2. The summed E-state index contributed by atoms with van der Waals surface area (Å²) >= 11 is 4.59. The van der Waals surface area contributed by atoms with Gasteiger partial charge in [0.15, 0.2) is 0 Å². The van der Waals surface area contributed by atoms with Crippen LogP contribution in [0.2, 0.25) is 0 Å². The van der Waals surface area contributed by atoms with Crippen molar-refractivity contribution in [3.8, 4) is 5.75 Å². The number of halogens is 1. The number of rotatable bonds is 3. The van der Waals surface area contributed by atoms with Crippen molar-refractivity contribution in [1.82, 2.24) is 5.43 Å². The van der Waals surface area contributed by atoms with Crippen LogP contribution in [0.25, 0.3) is 0 Å². The third-order valence-corrected chi connectivity index (χ3v) is 3.83. The van der Waals surface area contributed by atoms with E-state index in [1.54, 1.807) is 24.3 Å². The van der Waals surface area contributed by atoms with Crippen LogP contribution in [0, 0.1) is 6.92 Å². The largest absolute Gasteiger partial charge is 0.506 e. The van der Waals surface area contributed by atoms with E-state index in [1.165, 1.54) is 17.6 Å². The Balaban J connectivity index is 2.09. The second-order valence-corrected chi connectivity index (χ2v) is 5.66. The zero-order valence-corrected chi connectivity index (χ0v) is 12.5. The molecule has 6 heteroatoms. The van der Waals surface area contributed by atoms with Crippen LogP contribution >= 0.6 is 27.3 Å². The van der Waals surface area contributed by atoms with Crippen molar-refractivity contribution in [2.45, 2.75) is 6.92 Å². The number of nitrogens with zero attached hydrogens (tertiary/aromatic N) is 1. The van der Waals surface area contributed by atoms with Gasteiger partial charge >= 0.3 is 0 Å². The first-order chi connectivity index (χ1) is 9.08. The maximum atomic E-state index is 11.6. The first kappa shape index (κ1) is 13.8. The number of hydrogen-bond donors (Lipinski definition) is 2. The number of nitrogens with one attached hydrogen (secondary N) is 1. The van der Waals surface area contributed by atoms with Gasteiger partial charge in [0.25, 0.3) is 5.91 Å². The molecule has 0 saturated heterocycles. The lowest BCUT2D eigenvalue weighted by molar-refractivity contribution is 0.0959. The number of amides is 1. The molecule has 2 N–H and O–H groups in total. The number of thiophene rings is 1. The Morgan fingerprint density at radius 3 is 3.00 bits per heavy atom. The zero-order valence-electron chi connectivity index (χ0n) is 10.1. The summed E-state index contributed by atoms with van der Waals surface area (Å²) in [5.74, 6) is -0.169. The molecule has 4 nitrogen and oxygen atoms in total. The van der Waals surface area contributed by atoms with Gasteiger partial charge < -0.3 is 5.11 Å². The highest BCUT2D eigenvalue weighted by atomic mass is 79.9. The summed E-state index contributed by atoms with van der Waals surface area (Å²) < 4.78 is 0.596. The lowest BCUT2D eigenvalue weighted by atomic mass is 10.1. The third-order valence-electron chi connectivity index (χ3n) is 2.35. The molecule has 1 aromatic carbocycles. The van der Waals surface area contributed by atoms with Gasteiger partial charge in [0.2, 0.25) is 0 Å². The van der Waals surface area contributed by atoms with Crippen molar-refractivity contribution >= 4 is 39.4 Å². The summed E-state index contributed by atoms with van der Waals surface area (Å²) in [6, 6.07) is 7.10. The summed E-state index contributed by atoms with van der Waals surface area (Å²) in [5, 5.41) is 15.5. The number of aryl methyl sites for hydroxylation is 1. The number of phenols is 1. The van der Waals surface area contributed by atoms with Crippen LogP contribution in [0.4, 0.5) is 0 Å². The Labute approximate surface area is 122 Å². The van der Waals surface area contributed by atoms with E-state index in [0.717, 1.165) is 5.56 Å². The SMILES string of the molecule is Cc1cc(Br)c(O)c(/C=N/NC(=O)c2cccs2)c1. The number of hydrogen-bond acceptors (Lipinski definition) is 4. The van der Waals surface area contributed by atoms with Gasteiger partial charge in [-0.05, 0) is 52.0 Å². The van der Waals surface area contributed by atoms with E-state index in [9.17, 15) is 9.90 Å². The standard InChI is InChI=1S/C13H11BrN2O2S/c1-8-5-9(12(17)10(14)6-8)7-15-16-13(18)11-3-2-4-19-11/h2-7,17H,1H3,(H,16,18)/b15-7+. The van der Waals surface area contributed by atoms with Crippen LogP contribution in [-0.4, -0.2) is 17.2 Å². The minimum Gasteiger partial charge on any atom is -0.506 e. The van der Waals surface area contributed by atoms with Crippen LogP contribution < -0.4 is 5.43 Å². The molecule has 19 heavy (non-hydrogen) atoms. The monoisotopic (exact) mass is 338 g/mol. The van der Waals surface area contributed by atoms with E-state index in [-0.39, 0.29) is 11.7 Å². The van der Waals surface area contributed by atoms with Crippen LogP contribution in [-0.2, 0) is 0 Å². The molecule has 0 saturated carbocycles. The van der Waals surface area contributed by atoms with Gasteiger partial charge in [0.05, 0.1) is 15.6 Å². The second kappa shape index (κ2) is 5.99. The highest BCUT2D eigenvalue weighted by Gasteiger charge is 2.06. The van der Waals surface area contributed by atoms with E-state index in [2.05, 4.69) is 26.5 Å². The van der Waals surface area contributed by atoms with Crippen molar-refractivity contribution in [2.75, 3.05) is 0 Å². The van der Waals surface area contributed by atoms with Gasteiger partial charge in [-0.3, -0.25) is 4.79 Å². The zero-order chi connectivity index (χ0) is 13.8. The Bertz CT molecular complexity index is 624. The van der Waals surface area contributed by atoms with Gasteiger partial charge in [0, 0.05) is 5.56 Å². The second-order valence-electron chi connectivity index (χ2n) is 3.86. The molecule has 0 atom stereocenters. The maximum Gasteiger partial charge on any atom is 0.281 e. The third kappa shape index (κ3) is 3.42. The first-order valence-electron chi connectivity index (χ1n) is 5.44. The lowest BCUT2D eigenvalue weighted by Gasteiger charge is -2.03. The highest BCUT2D eigenvalue weighted by Crippen LogP contribution is 2.28. The number of aromatic hydroxyl groups is 1. The Morgan fingerprint density at radius 2 is 2.32 bits per heavy atom. The van der Waals surface area contributed by atoms with Crippen molar-refractivity contribution < 1.29 is 9.90 Å². The molecule has 0 aliphatic carbocycles. The number of carbonyl (C=O) groups is 1. The molecule has 1 amide bonds. The fourth-order valence-electron chi connectivity index (χ4n) is 1.48. The molecule has 2 rings (SSSR count). The fourth-order valence-corrected chi connectivity index (χ4v) is 2.69. The first-order valence-corrected chi connectivity index (χ1v) is 7.11. The molecule has 98 valence electrons. The van der Waals surface area contributed by atoms with E-state index in [0.29, 0.717) is 14.9 Å². The van der Waals surface area contributed by atoms with Gasteiger partial charge in [-0.1, -0.05) is 6.07 Å². The van der Waals surface area contributed by atoms with Crippen molar-refractivity contribution in [2.24, 2.45) is 5.10 Å². The van der Waals surface area contributed by atoms with Crippen LogP contribution in [0.5, 0.6) is 5.75 Å². The molecule has 0 fully saturated rings. The van der Waals surface area contributed by atoms with E-state index < -0.39 is 0 Å². The summed E-state index contributed by atoms with van der Waals surface area (Å²) in [5.41, 5.74) is 3.94. The number of hydrazone groups is 1. The Morgan fingerprint density at radius 1 is 1.53 bits per heavy atom. The summed E-state index contributed by atoms with van der Waals surface area (Å²) in [6.45, 7) is 1.91. The molecular weight excluding hydrogens is 328 g/mol. The minimum atomic E-state index is -0.266. The highest BCUT2D eigenvalue weighted by molar-refractivity contribution is 9.10. The molecule has 0 bridgehead atoms. The molecule has 1 aromatic heterocycles. The average molecular weight is 339 g/mol. The van der Waals surface area contributed by atoms with E-state index >= 15 is 0 Å². The van der Waals surface area contributed by atoms with E-state index in [1.807, 2.05) is 12.3 Å². The van der Waals surface area contributed by atoms with Gasteiger partial charge in [-0.25, -0.2) is 5.43 Å². The van der Waals surface area contributed by atoms with Crippen molar-refractivity contribution in [3.63, 3.8) is 0 Å². The Hall–Kier alpha value is -1.66. The van der Waals surface area contributed by atoms with Gasteiger partial charge in [-0.2, -0.15) is 5.10 Å². The minimum absolute atomic E-state index is 0.0970. The maximum absolute atomic E-state index is 11.6. The molecule has 1 heterocycles. The summed E-state index contributed by atoms with van der Waals surface area (Å²) in [7, 11) is 0. The quantitative estimate of drug-likeness (QED) is 0.666. The summed E-state index contributed by atoms with van der Waals surface area (Å²) in [6.07, 6.45) is 1.42. The average Bonchev–Trinajstić information content (AvgIpc) is 2.88. The predicted octanol–water partition coefficient (Wildman–Crippen LogP) is 3.29. The molecule has 0 spiro atoms. The number of phenolic OH excluding ortho intramolecular Hbond substituents is 1. The number of carbonyl (C=O) groups excluding carboxylic acids is 1. The van der Waals surface area contributed by atoms with Gasteiger partial charge in [0.1, 0.15) is 5.75 Å². The predicted molar refractivity (Wildman–Crippen MR) is 79.9 cm³/mol. The normalized spacial score (nSPS) is 10.8. The van der Waals surface area contributed by atoms with E-state index in [4.69, 9.17) is 0 Å². The molecule has 0 radical (unpaired) electrons. The smallest absolute Gasteiger partial charge is 0.281 e. The molecule has 0 unspecified atom stereocenters. The molecule has 0 aliphatic heterocycles. The van der Waals surface area contributed by atoms with Crippen LogP contribution in [0.15, 0.2) is 39.2 Å². The van der Waals surface area contributed by atoms with Gasteiger partial charge in [-0.15, -0.1) is 11.3 Å². The molecule has 0 aliphatic rings. The van der Waals surface area contributed by atoms with Crippen LogP contribution in [0.3, 0.4) is 0 Å². The van der Waals surface area contributed by atoms with Crippen molar-refractivity contribution in [1.29, 1.82) is 0 Å². The van der Waals surface area contributed by atoms with Crippen LogP contribution in [0.1, 0.15) is 20.8 Å². The Kier molecular flexibility index (Phi) is 4.34. The molecular formula is C13H11BrN2O2S. The van der Waals surface area contributed by atoms with Crippen molar-refractivity contribution in [3.05, 3.63) is 50.1 Å².